The molecule has 4 heteroatoms. The van der Waals surface area contributed by atoms with Crippen molar-refractivity contribution in [1.29, 1.82) is 0 Å². The van der Waals surface area contributed by atoms with Crippen LogP contribution < -0.4 is 24.8 Å². The first-order valence-electron chi connectivity index (χ1n) is 9.06. The molecule has 5 rings (SSSR count). The van der Waals surface area contributed by atoms with Gasteiger partial charge in [0.05, 0.1) is 5.52 Å². The van der Waals surface area contributed by atoms with Crippen LogP contribution in [0, 0.1) is 20.8 Å². The third kappa shape index (κ3) is 5.12. The quantitative estimate of drug-likeness (QED) is 0.302. The Balaban J connectivity index is 0.000000408. The van der Waals surface area contributed by atoms with Crippen LogP contribution in [-0.2, 0) is 26.2 Å². The Hall–Kier alpha value is -1.60. The molecule has 0 spiro atoms. The standard InChI is InChI=1S/C19H16N.C6H7.2ClH.Zr/c1-13-14(2)20(19-10-6-5-9-18(13)19)17-11-15-7-3-4-8-16(15)12-17;1-6-4-2-3-5-6;;;/h3-12H,1-2H3;2-5H,1H3;2*1H;/q2*-1;;;+4/p-2. The first-order valence-corrected chi connectivity index (χ1v) is 9.06. The summed E-state index contributed by atoms with van der Waals surface area (Å²) in [4.78, 5) is 0. The molecule has 0 amide bonds. The van der Waals surface area contributed by atoms with Crippen LogP contribution in [0.2, 0.25) is 0 Å². The minimum Gasteiger partial charge on any atom is -1.00 e. The van der Waals surface area contributed by atoms with Gasteiger partial charge < -0.3 is 29.4 Å². The van der Waals surface area contributed by atoms with E-state index in [1.165, 1.54) is 44.2 Å². The minimum absolute atomic E-state index is 0. The van der Waals surface area contributed by atoms with E-state index in [4.69, 9.17) is 0 Å². The summed E-state index contributed by atoms with van der Waals surface area (Å²) in [5, 5.41) is 3.95. The van der Waals surface area contributed by atoms with Crippen LogP contribution in [0.15, 0.2) is 84.9 Å². The average Bonchev–Trinajstić information content (AvgIpc) is 3.35. The van der Waals surface area contributed by atoms with Gasteiger partial charge in [0.2, 0.25) is 0 Å². The van der Waals surface area contributed by atoms with Crippen molar-refractivity contribution in [3.63, 3.8) is 0 Å². The molecular formula is C25H23Cl2NZr. The van der Waals surface area contributed by atoms with Crippen molar-refractivity contribution in [1.82, 2.24) is 4.57 Å². The molecule has 29 heavy (non-hydrogen) atoms. The monoisotopic (exact) mass is 497 g/mol. The first kappa shape index (κ1) is 25.4. The van der Waals surface area contributed by atoms with E-state index in [9.17, 15) is 0 Å². The molecule has 1 nitrogen and oxygen atoms in total. The molecule has 0 unspecified atom stereocenters. The number of rotatable bonds is 1. The average molecular weight is 500 g/mol. The van der Waals surface area contributed by atoms with E-state index >= 15 is 0 Å². The summed E-state index contributed by atoms with van der Waals surface area (Å²) in [6.07, 6.45) is 0. The summed E-state index contributed by atoms with van der Waals surface area (Å²) in [7, 11) is 0. The summed E-state index contributed by atoms with van der Waals surface area (Å²) < 4.78 is 2.37. The molecule has 4 aromatic carbocycles. The van der Waals surface area contributed by atoms with Crippen LogP contribution in [0.3, 0.4) is 0 Å². The number of hydrogen-bond acceptors (Lipinski definition) is 0. The van der Waals surface area contributed by atoms with Gasteiger partial charge in [0.25, 0.3) is 0 Å². The Morgan fingerprint density at radius 3 is 2.07 bits per heavy atom. The molecule has 0 aliphatic carbocycles. The molecule has 5 aromatic rings. The predicted molar refractivity (Wildman–Crippen MR) is 113 cm³/mol. The summed E-state index contributed by atoms with van der Waals surface area (Å²) in [6, 6.07) is 30.0. The van der Waals surface area contributed by atoms with Gasteiger partial charge in [-0.15, -0.1) is 41.1 Å². The third-order valence-electron chi connectivity index (χ3n) is 5.12. The van der Waals surface area contributed by atoms with E-state index in [-0.39, 0.29) is 51.0 Å². The van der Waals surface area contributed by atoms with E-state index < -0.39 is 0 Å². The number of aryl methyl sites for hydroxylation is 2. The fraction of sp³-hybridized carbons (Fsp3) is 0.120. The zero-order chi connectivity index (χ0) is 18.1. The summed E-state index contributed by atoms with van der Waals surface area (Å²) in [6.45, 7) is 6.49. The first-order chi connectivity index (χ1) is 12.6. The molecule has 0 aliphatic rings. The number of fused-ring (bicyclic) bond motifs is 2. The molecule has 0 fully saturated rings. The zero-order valence-electron chi connectivity index (χ0n) is 16.8. The topological polar surface area (TPSA) is 4.93 Å². The van der Waals surface area contributed by atoms with Crippen LogP contribution in [0.4, 0.5) is 0 Å². The van der Waals surface area contributed by atoms with Crippen LogP contribution in [-0.4, -0.2) is 4.57 Å². The molecule has 1 heterocycles. The Bertz CT molecular complexity index is 1130. The van der Waals surface area contributed by atoms with Crippen molar-refractivity contribution in [2.45, 2.75) is 20.8 Å². The number of hydrogen-bond donors (Lipinski definition) is 0. The minimum atomic E-state index is 0. The van der Waals surface area contributed by atoms with E-state index in [1.54, 1.807) is 0 Å². The predicted octanol–water partition coefficient (Wildman–Crippen LogP) is 0.839. The van der Waals surface area contributed by atoms with Crippen LogP contribution in [0.25, 0.3) is 27.4 Å². The molecule has 0 radical (unpaired) electrons. The smallest absolute Gasteiger partial charge is 1.00 e. The molecular weight excluding hydrogens is 476 g/mol. The Labute approximate surface area is 204 Å². The molecule has 146 valence electrons. The number of halogens is 2. The van der Waals surface area contributed by atoms with Gasteiger partial charge in [-0.05, 0) is 31.2 Å². The molecule has 0 saturated carbocycles. The molecule has 0 bridgehead atoms. The van der Waals surface area contributed by atoms with E-state index in [2.05, 4.69) is 98.1 Å². The Morgan fingerprint density at radius 1 is 0.828 bits per heavy atom. The van der Waals surface area contributed by atoms with Crippen molar-refractivity contribution >= 4 is 21.7 Å². The van der Waals surface area contributed by atoms with Gasteiger partial charge in [0.15, 0.2) is 0 Å². The van der Waals surface area contributed by atoms with Crippen molar-refractivity contribution in [3.8, 4) is 5.69 Å². The largest absolute Gasteiger partial charge is 4.00 e. The SMILES string of the molecule is C[c-]1cccc1.Cc1c(C)n(-c2cc3ccccc3[cH-]2)c2ccccc12.[Cl-].[Cl-].[Zr+4]. The Kier molecular flexibility index (Phi) is 9.63. The van der Waals surface area contributed by atoms with Gasteiger partial charge >= 0.3 is 26.2 Å². The maximum atomic E-state index is 2.37. The van der Waals surface area contributed by atoms with Crippen molar-refractivity contribution in [2.24, 2.45) is 0 Å². The van der Waals surface area contributed by atoms with Crippen molar-refractivity contribution < 1.29 is 51.0 Å². The molecule has 1 aromatic heterocycles. The summed E-state index contributed by atoms with van der Waals surface area (Å²) in [5.41, 5.74) is 6.58. The van der Waals surface area contributed by atoms with Crippen molar-refractivity contribution in [2.75, 3.05) is 0 Å². The number of aromatic nitrogens is 1. The van der Waals surface area contributed by atoms with Crippen LogP contribution in [0.1, 0.15) is 16.8 Å². The maximum absolute atomic E-state index is 2.37. The second-order valence-electron chi connectivity index (χ2n) is 6.87. The number of benzene rings is 2. The van der Waals surface area contributed by atoms with Gasteiger partial charge in [0.1, 0.15) is 0 Å². The second kappa shape index (κ2) is 11.0. The molecule has 0 atom stereocenters. The number of para-hydroxylation sites is 1. The Morgan fingerprint density at radius 2 is 1.45 bits per heavy atom. The van der Waals surface area contributed by atoms with E-state index in [0.717, 1.165) is 0 Å². The fourth-order valence-corrected chi connectivity index (χ4v) is 3.60. The van der Waals surface area contributed by atoms with E-state index in [0.29, 0.717) is 0 Å². The van der Waals surface area contributed by atoms with Gasteiger partial charge in [-0.1, -0.05) is 31.2 Å². The van der Waals surface area contributed by atoms with Crippen LogP contribution >= 0.6 is 0 Å². The van der Waals surface area contributed by atoms with Crippen LogP contribution in [0.5, 0.6) is 0 Å². The number of nitrogens with zero attached hydrogens (tertiary/aromatic N) is 1. The zero-order valence-corrected chi connectivity index (χ0v) is 20.8. The van der Waals surface area contributed by atoms with Gasteiger partial charge in [-0.3, -0.25) is 0 Å². The van der Waals surface area contributed by atoms with Gasteiger partial charge in [0, 0.05) is 11.1 Å². The maximum Gasteiger partial charge on any atom is 4.00 e. The normalized spacial score (nSPS) is 9.76. The third-order valence-corrected chi connectivity index (χ3v) is 5.12. The second-order valence-corrected chi connectivity index (χ2v) is 6.87. The van der Waals surface area contributed by atoms with E-state index in [1.807, 2.05) is 12.1 Å². The molecule has 0 N–H and O–H groups in total. The van der Waals surface area contributed by atoms with Gasteiger partial charge in [-0.25, -0.2) is 12.1 Å². The summed E-state index contributed by atoms with van der Waals surface area (Å²) >= 11 is 0. The molecule has 0 saturated heterocycles. The van der Waals surface area contributed by atoms with Crippen molar-refractivity contribution in [3.05, 3.63) is 102 Å². The summed E-state index contributed by atoms with van der Waals surface area (Å²) in [5.74, 6) is 0. The molecule has 0 aliphatic heterocycles. The fourth-order valence-electron chi connectivity index (χ4n) is 3.60. The van der Waals surface area contributed by atoms with Gasteiger partial charge in [-0.2, -0.15) is 17.7 Å².